The van der Waals surface area contributed by atoms with Crippen LogP contribution in [-0.2, 0) is 4.79 Å². The molecule has 118 valence electrons. The Bertz CT molecular complexity index is 771. The van der Waals surface area contributed by atoms with E-state index in [1.54, 1.807) is 0 Å². The molecule has 0 atom stereocenters. The summed E-state index contributed by atoms with van der Waals surface area (Å²) in [6.07, 6.45) is 1.44. The van der Waals surface area contributed by atoms with Crippen LogP contribution in [0.15, 0.2) is 52.9 Å². The highest BCUT2D eigenvalue weighted by Gasteiger charge is 2.08. The lowest BCUT2D eigenvalue weighted by atomic mass is 10.1. The normalized spacial score (nSPS) is 11.1. The lowest BCUT2D eigenvalue weighted by Crippen LogP contribution is -2.11. The number of benzene rings is 2. The summed E-state index contributed by atoms with van der Waals surface area (Å²) in [6.45, 7) is 4.23. The fraction of sp³-hybridized carbons (Fsp3) is 0.263. The topological polar surface area (TPSA) is 55.1 Å². The Morgan fingerprint density at radius 1 is 1.13 bits per heavy atom. The molecule has 4 nitrogen and oxygen atoms in total. The maximum atomic E-state index is 11.8. The molecule has 0 aliphatic rings. The minimum absolute atomic E-state index is 0.0494. The van der Waals surface area contributed by atoms with Gasteiger partial charge in [0.1, 0.15) is 5.52 Å². The van der Waals surface area contributed by atoms with E-state index in [2.05, 4.69) is 24.1 Å². The van der Waals surface area contributed by atoms with E-state index in [1.165, 1.54) is 0 Å². The zero-order valence-electron chi connectivity index (χ0n) is 13.4. The van der Waals surface area contributed by atoms with Crippen molar-refractivity contribution in [1.29, 1.82) is 0 Å². The predicted molar refractivity (Wildman–Crippen MR) is 92.1 cm³/mol. The van der Waals surface area contributed by atoms with Gasteiger partial charge in [0.25, 0.3) is 0 Å². The number of nitrogens with one attached hydrogen (secondary N) is 1. The highest BCUT2D eigenvalue weighted by atomic mass is 16.3. The van der Waals surface area contributed by atoms with Gasteiger partial charge in [0.2, 0.25) is 11.8 Å². The number of carbonyl (C=O) groups is 1. The molecule has 1 heterocycles. The van der Waals surface area contributed by atoms with Gasteiger partial charge in [-0.3, -0.25) is 4.79 Å². The lowest BCUT2D eigenvalue weighted by Gasteiger charge is -2.07. The molecule has 1 aromatic heterocycles. The van der Waals surface area contributed by atoms with Gasteiger partial charge in [-0.05, 0) is 48.7 Å². The summed E-state index contributed by atoms with van der Waals surface area (Å²) in [5, 5.41) is 2.91. The maximum absolute atomic E-state index is 11.8. The molecule has 0 unspecified atom stereocenters. The molecular formula is C19H20N2O2. The minimum Gasteiger partial charge on any atom is -0.436 e. The Balaban J connectivity index is 1.70. The van der Waals surface area contributed by atoms with Crippen molar-refractivity contribution in [2.45, 2.75) is 26.7 Å². The van der Waals surface area contributed by atoms with Crippen LogP contribution < -0.4 is 5.32 Å². The Morgan fingerprint density at radius 3 is 2.57 bits per heavy atom. The number of nitrogens with zero attached hydrogens (tertiary/aromatic N) is 1. The van der Waals surface area contributed by atoms with E-state index in [9.17, 15) is 4.79 Å². The molecule has 0 aliphatic heterocycles. The van der Waals surface area contributed by atoms with Crippen molar-refractivity contribution in [3.05, 3.63) is 48.5 Å². The summed E-state index contributed by atoms with van der Waals surface area (Å²) in [7, 11) is 0. The maximum Gasteiger partial charge on any atom is 0.227 e. The molecule has 0 radical (unpaired) electrons. The van der Waals surface area contributed by atoms with Crippen LogP contribution in [0, 0.1) is 5.92 Å². The number of carbonyl (C=O) groups excluding carboxylic acids is 1. The van der Waals surface area contributed by atoms with E-state index in [0.717, 1.165) is 28.8 Å². The van der Waals surface area contributed by atoms with Gasteiger partial charge in [-0.1, -0.05) is 26.0 Å². The molecule has 0 bridgehead atoms. The molecule has 1 amide bonds. The number of para-hydroxylation sites is 2. The van der Waals surface area contributed by atoms with Gasteiger partial charge in [0, 0.05) is 17.7 Å². The zero-order valence-corrected chi connectivity index (χ0v) is 13.4. The Hall–Kier alpha value is -2.62. The molecule has 0 spiro atoms. The summed E-state index contributed by atoms with van der Waals surface area (Å²) in [4.78, 5) is 16.3. The van der Waals surface area contributed by atoms with Gasteiger partial charge in [0.05, 0.1) is 0 Å². The summed E-state index contributed by atoms with van der Waals surface area (Å²) < 4.78 is 5.74. The first-order chi connectivity index (χ1) is 11.1. The molecule has 0 fully saturated rings. The van der Waals surface area contributed by atoms with Gasteiger partial charge in [-0.25, -0.2) is 4.98 Å². The summed E-state index contributed by atoms with van der Waals surface area (Å²) in [5.41, 5.74) is 3.29. The van der Waals surface area contributed by atoms with Gasteiger partial charge in [-0.2, -0.15) is 0 Å². The van der Waals surface area contributed by atoms with Crippen LogP contribution in [0.25, 0.3) is 22.6 Å². The second-order valence-corrected chi connectivity index (χ2v) is 6.04. The van der Waals surface area contributed by atoms with E-state index in [4.69, 9.17) is 4.42 Å². The number of fused-ring (bicyclic) bond motifs is 1. The molecule has 4 heteroatoms. The SMILES string of the molecule is CC(C)CCC(=O)Nc1ccc(-c2nc3ccccc3o2)cc1. The lowest BCUT2D eigenvalue weighted by molar-refractivity contribution is -0.116. The fourth-order valence-electron chi connectivity index (χ4n) is 2.34. The first-order valence-electron chi connectivity index (χ1n) is 7.87. The third-order valence-corrected chi connectivity index (χ3v) is 3.66. The molecule has 23 heavy (non-hydrogen) atoms. The summed E-state index contributed by atoms with van der Waals surface area (Å²) in [5.74, 6) is 1.17. The van der Waals surface area contributed by atoms with E-state index < -0.39 is 0 Å². The van der Waals surface area contributed by atoms with Crippen LogP contribution in [-0.4, -0.2) is 10.9 Å². The fourth-order valence-corrected chi connectivity index (χ4v) is 2.34. The van der Waals surface area contributed by atoms with Crippen molar-refractivity contribution in [2.24, 2.45) is 5.92 Å². The van der Waals surface area contributed by atoms with E-state index >= 15 is 0 Å². The molecule has 1 N–H and O–H groups in total. The summed E-state index contributed by atoms with van der Waals surface area (Å²) in [6, 6.07) is 15.2. The monoisotopic (exact) mass is 308 g/mol. The number of hydrogen-bond acceptors (Lipinski definition) is 3. The highest BCUT2D eigenvalue weighted by Crippen LogP contribution is 2.25. The van der Waals surface area contributed by atoms with E-state index in [1.807, 2.05) is 48.5 Å². The zero-order chi connectivity index (χ0) is 16.2. The van der Waals surface area contributed by atoms with Gasteiger partial charge in [-0.15, -0.1) is 0 Å². The number of rotatable bonds is 5. The van der Waals surface area contributed by atoms with Crippen molar-refractivity contribution in [1.82, 2.24) is 4.98 Å². The van der Waals surface area contributed by atoms with Crippen molar-refractivity contribution < 1.29 is 9.21 Å². The van der Waals surface area contributed by atoms with Crippen LogP contribution in [0.5, 0.6) is 0 Å². The molecule has 3 aromatic rings. The van der Waals surface area contributed by atoms with Crippen molar-refractivity contribution >= 4 is 22.7 Å². The van der Waals surface area contributed by atoms with E-state index in [0.29, 0.717) is 18.2 Å². The Labute approximate surface area is 135 Å². The molecular weight excluding hydrogens is 288 g/mol. The Kier molecular flexibility index (Phi) is 4.42. The first-order valence-corrected chi connectivity index (χ1v) is 7.87. The van der Waals surface area contributed by atoms with Gasteiger partial charge in [0.15, 0.2) is 5.58 Å². The predicted octanol–water partition coefficient (Wildman–Crippen LogP) is 4.87. The largest absolute Gasteiger partial charge is 0.436 e. The smallest absolute Gasteiger partial charge is 0.227 e. The highest BCUT2D eigenvalue weighted by molar-refractivity contribution is 5.91. The number of amides is 1. The molecule has 3 rings (SSSR count). The average molecular weight is 308 g/mol. The number of aromatic nitrogens is 1. The third-order valence-electron chi connectivity index (χ3n) is 3.66. The van der Waals surface area contributed by atoms with Gasteiger partial charge < -0.3 is 9.73 Å². The second-order valence-electron chi connectivity index (χ2n) is 6.04. The molecule has 0 saturated carbocycles. The van der Waals surface area contributed by atoms with Crippen molar-refractivity contribution in [2.75, 3.05) is 5.32 Å². The van der Waals surface area contributed by atoms with Crippen LogP contribution in [0.2, 0.25) is 0 Å². The minimum atomic E-state index is 0.0494. The van der Waals surface area contributed by atoms with E-state index in [-0.39, 0.29) is 5.91 Å². The number of hydrogen-bond donors (Lipinski definition) is 1. The van der Waals surface area contributed by atoms with Crippen LogP contribution in [0.1, 0.15) is 26.7 Å². The third kappa shape index (κ3) is 3.77. The van der Waals surface area contributed by atoms with Gasteiger partial charge >= 0.3 is 0 Å². The van der Waals surface area contributed by atoms with Crippen molar-refractivity contribution in [3.8, 4) is 11.5 Å². The first kappa shape index (κ1) is 15.3. The summed E-state index contributed by atoms with van der Waals surface area (Å²) >= 11 is 0. The Morgan fingerprint density at radius 2 is 1.87 bits per heavy atom. The number of anilines is 1. The van der Waals surface area contributed by atoms with Crippen LogP contribution >= 0.6 is 0 Å². The average Bonchev–Trinajstić information content (AvgIpc) is 2.97. The standard InChI is InChI=1S/C19H20N2O2/c1-13(2)7-12-18(22)20-15-10-8-14(9-11-15)19-21-16-5-3-4-6-17(16)23-19/h3-6,8-11,13H,7,12H2,1-2H3,(H,20,22). The molecule has 0 aliphatic carbocycles. The quantitative estimate of drug-likeness (QED) is 0.731. The number of oxazole rings is 1. The molecule has 2 aromatic carbocycles. The second kappa shape index (κ2) is 6.65. The van der Waals surface area contributed by atoms with Crippen LogP contribution in [0.4, 0.5) is 5.69 Å². The molecule has 0 saturated heterocycles. The van der Waals surface area contributed by atoms with Crippen molar-refractivity contribution in [3.63, 3.8) is 0 Å². The van der Waals surface area contributed by atoms with Crippen LogP contribution in [0.3, 0.4) is 0 Å².